The monoisotopic (exact) mass is 177 g/mol. The average molecular weight is 177 g/mol. The van der Waals surface area contributed by atoms with Crippen LogP contribution >= 0.6 is 0 Å². The first-order valence-electron chi connectivity index (χ1n) is 4.32. The molecule has 3 N–H and O–H groups in total. The maximum Gasteiger partial charge on any atom is 0.0704 e. The first-order chi connectivity index (χ1) is 6.16. The van der Waals surface area contributed by atoms with Crippen LogP contribution in [0.2, 0.25) is 0 Å². The van der Waals surface area contributed by atoms with E-state index in [0.717, 1.165) is 11.1 Å². The molecule has 0 saturated heterocycles. The second-order valence-corrected chi connectivity index (χ2v) is 3.10. The molecule has 0 bridgehead atoms. The highest BCUT2D eigenvalue weighted by Crippen LogP contribution is 2.19. The van der Waals surface area contributed by atoms with Crippen LogP contribution < -0.4 is 5.73 Å². The number of benzene rings is 1. The summed E-state index contributed by atoms with van der Waals surface area (Å²) in [6, 6.07) is 7.34. The Morgan fingerprint density at radius 2 is 2.08 bits per heavy atom. The van der Waals surface area contributed by atoms with E-state index in [1.165, 1.54) is 0 Å². The Hall–Kier alpha value is -1.12. The summed E-state index contributed by atoms with van der Waals surface area (Å²) >= 11 is 0. The number of aliphatic hydroxyl groups excluding tert-OH is 1. The lowest BCUT2D eigenvalue weighted by Gasteiger charge is -2.17. The summed E-state index contributed by atoms with van der Waals surface area (Å²) in [5, 5.41) is 9.33. The molecule has 1 aromatic carbocycles. The lowest BCUT2D eigenvalue weighted by Crippen LogP contribution is -2.23. The molecule has 0 heterocycles. The molecule has 1 rings (SSSR count). The fraction of sp³-hybridized carbons (Fsp3) is 0.273. The van der Waals surface area contributed by atoms with Crippen LogP contribution in [0.1, 0.15) is 24.1 Å². The summed E-state index contributed by atoms with van der Waals surface area (Å²) in [7, 11) is 0. The molecular formula is C11H15NO. The highest BCUT2D eigenvalue weighted by atomic mass is 16.3. The molecule has 0 aromatic heterocycles. The Balaban J connectivity index is 3.05. The second-order valence-electron chi connectivity index (χ2n) is 3.10. The van der Waals surface area contributed by atoms with Crippen LogP contribution in [-0.4, -0.2) is 11.2 Å². The molecule has 70 valence electrons. The molecule has 0 spiro atoms. The molecular weight excluding hydrogens is 162 g/mol. The van der Waals surface area contributed by atoms with Gasteiger partial charge in [0, 0.05) is 0 Å². The molecule has 0 unspecified atom stereocenters. The zero-order valence-corrected chi connectivity index (χ0v) is 7.77. The summed E-state index contributed by atoms with van der Waals surface area (Å²) < 4.78 is 0. The highest BCUT2D eigenvalue weighted by molar-refractivity contribution is 5.52. The molecule has 0 aliphatic heterocycles. The zero-order valence-electron chi connectivity index (χ0n) is 7.77. The van der Waals surface area contributed by atoms with E-state index >= 15 is 0 Å². The van der Waals surface area contributed by atoms with Crippen LogP contribution in [-0.2, 0) is 0 Å². The minimum absolute atomic E-state index is 0.339. The normalized spacial score (nSPS) is 15.0. The number of hydrogen-bond acceptors (Lipinski definition) is 2. The third-order valence-electron chi connectivity index (χ3n) is 2.09. The predicted molar refractivity (Wildman–Crippen MR) is 55.1 cm³/mol. The van der Waals surface area contributed by atoms with Crippen LogP contribution in [0.3, 0.4) is 0 Å². The van der Waals surface area contributed by atoms with E-state index in [9.17, 15) is 5.11 Å². The van der Waals surface area contributed by atoms with Crippen molar-refractivity contribution in [3.05, 3.63) is 42.0 Å². The molecule has 2 atom stereocenters. The highest BCUT2D eigenvalue weighted by Gasteiger charge is 2.13. The van der Waals surface area contributed by atoms with Gasteiger partial charge < -0.3 is 10.8 Å². The van der Waals surface area contributed by atoms with Gasteiger partial charge >= 0.3 is 0 Å². The standard InChI is InChI=1S/C11H15NO/c1-3-9-6-4-5-7-10(9)11(12)8(2)13/h3-8,11,13H,1,12H2,2H3/t8-,11-/m1/s1. The first kappa shape index (κ1) is 9.96. The van der Waals surface area contributed by atoms with E-state index in [2.05, 4.69) is 6.58 Å². The lowest BCUT2D eigenvalue weighted by atomic mass is 9.98. The Labute approximate surface area is 78.7 Å². The molecule has 2 heteroatoms. The van der Waals surface area contributed by atoms with Crippen molar-refractivity contribution in [1.29, 1.82) is 0 Å². The Morgan fingerprint density at radius 3 is 2.62 bits per heavy atom. The topological polar surface area (TPSA) is 46.2 Å². The average Bonchev–Trinajstić information content (AvgIpc) is 2.16. The van der Waals surface area contributed by atoms with Crippen molar-refractivity contribution in [3.8, 4) is 0 Å². The van der Waals surface area contributed by atoms with Crippen molar-refractivity contribution in [2.45, 2.75) is 19.1 Å². The summed E-state index contributed by atoms with van der Waals surface area (Å²) in [5.74, 6) is 0. The van der Waals surface area contributed by atoms with Crippen LogP contribution in [0.25, 0.3) is 6.08 Å². The molecule has 2 nitrogen and oxygen atoms in total. The van der Waals surface area contributed by atoms with E-state index < -0.39 is 6.10 Å². The van der Waals surface area contributed by atoms with Crippen LogP contribution in [0.5, 0.6) is 0 Å². The molecule has 0 aliphatic rings. The lowest BCUT2D eigenvalue weighted by molar-refractivity contribution is 0.164. The number of rotatable bonds is 3. The summed E-state index contributed by atoms with van der Waals surface area (Å²) in [5.41, 5.74) is 7.74. The van der Waals surface area contributed by atoms with Gasteiger partial charge in [0.25, 0.3) is 0 Å². The summed E-state index contributed by atoms with van der Waals surface area (Å²) in [6.07, 6.45) is 1.21. The van der Waals surface area contributed by atoms with Crippen LogP contribution in [0.4, 0.5) is 0 Å². The van der Waals surface area contributed by atoms with Gasteiger partial charge in [-0.1, -0.05) is 36.9 Å². The van der Waals surface area contributed by atoms with E-state index in [0.29, 0.717) is 0 Å². The Kier molecular flexibility index (Phi) is 3.23. The van der Waals surface area contributed by atoms with Crippen LogP contribution in [0, 0.1) is 0 Å². The number of nitrogens with two attached hydrogens (primary N) is 1. The van der Waals surface area contributed by atoms with Gasteiger partial charge in [0.15, 0.2) is 0 Å². The van der Waals surface area contributed by atoms with Crippen molar-refractivity contribution >= 4 is 6.08 Å². The Bertz CT molecular complexity index is 294. The van der Waals surface area contributed by atoms with E-state index in [4.69, 9.17) is 5.73 Å². The van der Waals surface area contributed by atoms with E-state index in [-0.39, 0.29) is 6.04 Å². The molecule has 13 heavy (non-hydrogen) atoms. The summed E-state index contributed by atoms with van der Waals surface area (Å²) in [4.78, 5) is 0. The largest absolute Gasteiger partial charge is 0.391 e. The van der Waals surface area contributed by atoms with Gasteiger partial charge in [-0.2, -0.15) is 0 Å². The molecule has 1 aromatic rings. The van der Waals surface area contributed by atoms with Crippen molar-refractivity contribution in [3.63, 3.8) is 0 Å². The fourth-order valence-electron chi connectivity index (χ4n) is 1.26. The van der Waals surface area contributed by atoms with Gasteiger partial charge in [-0.15, -0.1) is 0 Å². The van der Waals surface area contributed by atoms with Crippen LogP contribution in [0.15, 0.2) is 30.8 Å². The molecule has 0 aliphatic carbocycles. The fourth-order valence-corrected chi connectivity index (χ4v) is 1.26. The Morgan fingerprint density at radius 1 is 1.46 bits per heavy atom. The number of hydrogen-bond donors (Lipinski definition) is 2. The zero-order chi connectivity index (χ0) is 9.84. The molecule has 0 radical (unpaired) electrons. The van der Waals surface area contributed by atoms with Crippen molar-refractivity contribution in [2.24, 2.45) is 5.73 Å². The minimum Gasteiger partial charge on any atom is -0.391 e. The van der Waals surface area contributed by atoms with Gasteiger partial charge in [-0.3, -0.25) is 0 Å². The second kappa shape index (κ2) is 4.21. The summed E-state index contributed by atoms with van der Waals surface area (Å²) in [6.45, 7) is 5.38. The van der Waals surface area contributed by atoms with E-state index in [1.807, 2.05) is 24.3 Å². The van der Waals surface area contributed by atoms with Gasteiger partial charge in [-0.25, -0.2) is 0 Å². The third-order valence-corrected chi connectivity index (χ3v) is 2.09. The third kappa shape index (κ3) is 2.17. The minimum atomic E-state index is -0.541. The van der Waals surface area contributed by atoms with Gasteiger partial charge in [0.05, 0.1) is 12.1 Å². The van der Waals surface area contributed by atoms with Gasteiger partial charge in [-0.05, 0) is 18.1 Å². The van der Waals surface area contributed by atoms with Gasteiger partial charge in [0.2, 0.25) is 0 Å². The SMILES string of the molecule is C=Cc1ccccc1[C@H](N)[C@@H](C)O. The first-order valence-corrected chi connectivity index (χ1v) is 4.32. The molecule has 0 fully saturated rings. The smallest absolute Gasteiger partial charge is 0.0704 e. The van der Waals surface area contributed by atoms with Gasteiger partial charge in [0.1, 0.15) is 0 Å². The maximum atomic E-state index is 9.33. The molecule has 0 amide bonds. The van der Waals surface area contributed by atoms with Crippen molar-refractivity contribution < 1.29 is 5.11 Å². The predicted octanol–water partition coefficient (Wildman–Crippen LogP) is 1.71. The molecule has 0 saturated carbocycles. The van der Waals surface area contributed by atoms with Crippen molar-refractivity contribution in [1.82, 2.24) is 0 Å². The van der Waals surface area contributed by atoms with E-state index in [1.54, 1.807) is 13.0 Å². The number of aliphatic hydroxyl groups is 1. The maximum absolute atomic E-state index is 9.33. The van der Waals surface area contributed by atoms with Crippen molar-refractivity contribution in [2.75, 3.05) is 0 Å². The quantitative estimate of drug-likeness (QED) is 0.738.